The Kier molecular flexibility index (Phi) is 8.53. The first kappa shape index (κ1) is 26.2. The second kappa shape index (κ2) is 12.4. The van der Waals surface area contributed by atoms with Crippen LogP contribution < -0.4 is 10.2 Å². The van der Waals surface area contributed by atoms with Gasteiger partial charge in [0.25, 0.3) is 5.91 Å². The van der Waals surface area contributed by atoms with Crippen LogP contribution in [0.4, 0.5) is 15.9 Å². The zero-order valence-corrected chi connectivity index (χ0v) is 22.3. The van der Waals surface area contributed by atoms with Crippen molar-refractivity contribution < 1.29 is 9.18 Å². The van der Waals surface area contributed by atoms with E-state index in [9.17, 15) is 9.18 Å². The Balaban J connectivity index is 1.14. The van der Waals surface area contributed by atoms with Crippen molar-refractivity contribution >= 4 is 40.8 Å². The van der Waals surface area contributed by atoms with Crippen LogP contribution >= 0.6 is 23.4 Å². The molecule has 5 rings (SSSR count). The molecule has 2 heterocycles. The number of halogens is 2. The number of hydrogen-bond donors (Lipinski definition) is 1. The second-order valence-corrected chi connectivity index (χ2v) is 10.4. The van der Waals surface area contributed by atoms with Gasteiger partial charge in [-0.25, -0.2) is 14.4 Å². The minimum atomic E-state index is -0.345. The third kappa shape index (κ3) is 7.10. The van der Waals surface area contributed by atoms with E-state index >= 15 is 0 Å². The maximum atomic E-state index is 13.1. The highest BCUT2D eigenvalue weighted by molar-refractivity contribution is 7.98. The van der Waals surface area contributed by atoms with E-state index < -0.39 is 0 Å². The van der Waals surface area contributed by atoms with Crippen LogP contribution in [0.1, 0.15) is 21.5 Å². The lowest BCUT2D eigenvalue weighted by Crippen LogP contribution is -2.46. The predicted octanol–water partition coefficient (Wildman–Crippen LogP) is 6.14. The molecule has 0 radical (unpaired) electrons. The number of thioether (sulfide) groups is 1. The number of piperazine rings is 1. The number of benzene rings is 3. The molecule has 0 atom stereocenters. The van der Waals surface area contributed by atoms with E-state index in [4.69, 9.17) is 16.6 Å². The van der Waals surface area contributed by atoms with Gasteiger partial charge >= 0.3 is 0 Å². The van der Waals surface area contributed by atoms with Gasteiger partial charge in [-0.05, 0) is 47.5 Å². The molecule has 1 aliphatic heterocycles. The lowest BCUT2D eigenvalue weighted by Gasteiger charge is -2.35. The lowest BCUT2D eigenvalue weighted by molar-refractivity contribution is 0.102. The van der Waals surface area contributed by atoms with Crippen LogP contribution in [0.2, 0.25) is 5.15 Å². The Bertz CT molecular complexity index is 1360. The molecule has 0 bridgehead atoms. The molecule has 4 aromatic rings. The van der Waals surface area contributed by atoms with Gasteiger partial charge in [-0.15, -0.1) is 0 Å². The first-order valence-corrected chi connectivity index (χ1v) is 13.7. The molecule has 1 aliphatic rings. The van der Waals surface area contributed by atoms with Crippen LogP contribution in [0.3, 0.4) is 0 Å². The van der Waals surface area contributed by atoms with E-state index in [0.29, 0.717) is 27.3 Å². The monoisotopic (exact) mass is 547 g/mol. The maximum absolute atomic E-state index is 13.1. The van der Waals surface area contributed by atoms with Gasteiger partial charge in [-0.1, -0.05) is 65.8 Å². The van der Waals surface area contributed by atoms with Gasteiger partial charge in [0.05, 0.1) is 0 Å². The summed E-state index contributed by atoms with van der Waals surface area (Å²) < 4.78 is 13.1. The fourth-order valence-corrected chi connectivity index (χ4v) is 5.26. The number of anilines is 2. The van der Waals surface area contributed by atoms with Crippen molar-refractivity contribution in [1.29, 1.82) is 0 Å². The highest BCUT2D eigenvalue weighted by atomic mass is 35.5. The number of aromatic nitrogens is 2. The van der Waals surface area contributed by atoms with Crippen LogP contribution in [0.15, 0.2) is 90.1 Å². The molecule has 0 unspecified atom stereocenters. The van der Waals surface area contributed by atoms with Gasteiger partial charge in [0.15, 0.2) is 5.16 Å². The van der Waals surface area contributed by atoms with Crippen LogP contribution in [0, 0.1) is 5.82 Å². The molecule has 6 nitrogen and oxygen atoms in total. The summed E-state index contributed by atoms with van der Waals surface area (Å²) in [6.45, 7) is 4.63. The van der Waals surface area contributed by atoms with Crippen molar-refractivity contribution in [3.8, 4) is 0 Å². The van der Waals surface area contributed by atoms with Crippen molar-refractivity contribution in [2.24, 2.45) is 0 Å². The standard InChI is InChI=1S/C29H27ClFN5OS/c30-26-18-27(36-16-14-35(15-17-36)19-21-4-2-1-3-5-21)34-29(33-26)38-20-22-6-8-23(9-7-22)28(37)32-25-12-10-24(31)11-13-25/h1-13,18H,14-17,19-20H2,(H,32,37). The smallest absolute Gasteiger partial charge is 0.255 e. The zero-order valence-electron chi connectivity index (χ0n) is 20.7. The average molecular weight is 548 g/mol. The molecule has 38 heavy (non-hydrogen) atoms. The van der Waals surface area contributed by atoms with E-state index in [2.05, 4.69) is 44.4 Å². The highest BCUT2D eigenvalue weighted by Crippen LogP contribution is 2.26. The minimum absolute atomic E-state index is 0.248. The van der Waals surface area contributed by atoms with Gasteiger partial charge in [-0.3, -0.25) is 9.69 Å². The van der Waals surface area contributed by atoms with Crippen molar-refractivity contribution in [2.75, 3.05) is 36.4 Å². The molecule has 0 saturated carbocycles. The number of hydrogen-bond acceptors (Lipinski definition) is 6. The summed E-state index contributed by atoms with van der Waals surface area (Å²) in [7, 11) is 0. The molecule has 0 aliphatic carbocycles. The Morgan fingerprint density at radius 1 is 0.895 bits per heavy atom. The van der Waals surface area contributed by atoms with E-state index in [1.165, 1.54) is 41.6 Å². The minimum Gasteiger partial charge on any atom is -0.354 e. The number of amides is 1. The SMILES string of the molecule is O=C(Nc1ccc(F)cc1)c1ccc(CSc2nc(Cl)cc(N3CCN(Cc4ccccc4)CC3)n2)cc1. The highest BCUT2D eigenvalue weighted by Gasteiger charge is 2.19. The van der Waals surface area contributed by atoms with Crippen LogP contribution in [0.25, 0.3) is 0 Å². The molecule has 1 saturated heterocycles. The second-order valence-electron chi connectivity index (χ2n) is 9.03. The molecule has 1 N–H and O–H groups in total. The zero-order chi connectivity index (χ0) is 26.3. The maximum Gasteiger partial charge on any atom is 0.255 e. The summed E-state index contributed by atoms with van der Waals surface area (Å²) in [5.74, 6) is 0.897. The van der Waals surface area contributed by atoms with E-state index in [1.807, 2.05) is 24.3 Å². The Labute approximate surface area is 230 Å². The first-order valence-electron chi connectivity index (χ1n) is 12.4. The average Bonchev–Trinajstić information content (AvgIpc) is 2.94. The summed E-state index contributed by atoms with van der Waals surface area (Å²) in [6, 6.07) is 25.4. The normalized spacial score (nSPS) is 13.9. The molecule has 1 aromatic heterocycles. The van der Waals surface area contributed by atoms with E-state index in [0.717, 1.165) is 44.1 Å². The summed E-state index contributed by atoms with van der Waals surface area (Å²) >= 11 is 7.86. The largest absolute Gasteiger partial charge is 0.354 e. The number of carbonyl (C=O) groups excluding carboxylic acids is 1. The molecule has 0 spiro atoms. The fourth-order valence-electron chi connectivity index (χ4n) is 4.23. The van der Waals surface area contributed by atoms with Crippen LogP contribution in [0.5, 0.6) is 0 Å². The summed E-state index contributed by atoms with van der Waals surface area (Å²) in [5.41, 5.74) is 3.43. The third-order valence-electron chi connectivity index (χ3n) is 6.29. The Morgan fingerprint density at radius 2 is 1.61 bits per heavy atom. The van der Waals surface area contributed by atoms with E-state index in [1.54, 1.807) is 12.1 Å². The van der Waals surface area contributed by atoms with Gasteiger partial charge < -0.3 is 10.2 Å². The van der Waals surface area contributed by atoms with Crippen LogP contribution in [-0.2, 0) is 12.3 Å². The third-order valence-corrected chi connectivity index (χ3v) is 7.40. The predicted molar refractivity (Wildman–Crippen MR) is 151 cm³/mol. The van der Waals surface area contributed by atoms with Crippen molar-refractivity contribution in [2.45, 2.75) is 17.5 Å². The van der Waals surface area contributed by atoms with Gasteiger partial charge in [0, 0.05) is 55.8 Å². The van der Waals surface area contributed by atoms with Gasteiger partial charge in [-0.2, -0.15) is 0 Å². The van der Waals surface area contributed by atoms with Crippen molar-refractivity contribution in [3.63, 3.8) is 0 Å². The number of rotatable bonds is 8. The van der Waals surface area contributed by atoms with Gasteiger partial charge in [0.2, 0.25) is 0 Å². The molecule has 1 amide bonds. The molecule has 3 aromatic carbocycles. The summed E-state index contributed by atoms with van der Waals surface area (Å²) in [4.78, 5) is 26.4. The molecular weight excluding hydrogens is 521 g/mol. The Hall–Kier alpha value is -3.46. The quantitative estimate of drug-likeness (QED) is 0.162. The summed E-state index contributed by atoms with van der Waals surface area (Å²) in [5, 5.41) is 3.82. The molecular formula is C29H27ClFN5OS. The Morgan fingerprint density at radius 3 is 2.32 bits per heavy atom. The fraction of sp³-hybridized carbons (Fsp3) is 0.207. The van der Waals surface area contributed by atoms with E-state index in [-0.39, 0.29) is 11.7 Å². The van der Waals surface area contributed by atoms with Crippen molar-refractivity contribution in [3.05, 3.63) is 113 Å². The number of nitrogens with zero attached hydrogens (tertiary/aromatic N) is 4. The molecule has 194 valence electrons. The number of carbonyl (C=O) groups is 1. The molecule has 9 heteroatoms. The van der Waals surface area contributed by atoms with Crippen LogP contribution in [-0.4, -0.2) is 47.0 Å². The van der Waals surface area contributed by atoms with Crippen molar-refractivity contribution in [1.82, 2.24) is 14.9 Å². The summed E-state index contributed by atoms with van der Waals surface area (Å²) in [6.07, 6.45) is 0. The topological polar surface area (TPSA) is 61.4 Å². The van der Waals surface area contributed by atoms with Gasteiger partial charge in [0.1, 0.15) is 16.8 Å². The number of nitrogens with one attached hydrogen (secondary N) is 1. The molecule has 1 fully saturated rings. The lowest BCUT2D eigenvalue weighted by atomic mass is 10.1. The first-order chi connectivity index (χ1) is 18.5.